The average molecular weight is 974 g/mol. The average Bonchev–Trinajstić information content (AvgIpc) is 2.75. The standard InChI is InChI=1S/C18H14F4I4O8S/c19-17(20,18(21,22)35(29,30)31)5-6-32-14(27)7-1-3-16(4-2-7)33-13-8(15(28)34-16)9(23)10(24)11(25)12(13)26/h7H,1-6H2,(H,29,30,31). The van der Waals surface area contributed by atoms with Crippen LogP contribution in [0.25, 0.3) is 0 Å². The molecule has 17 heteroatoms. The Morgan fingerprint density at radius 2 is 1.57 bits per heavy atom. The van der Waals surface area contributed by atoms with Crippen molar-refractivity contribution in [3.63, 3.8) is 0 Å². The number of fused-ring (bicyclic) bond motifs is 1. The van der Waals surface area contributed by atoms with Crippen LogP contribution in [-0.2, 0) is 24.4 Å². The van der Waals surface area contributed by atoms with Crippen molar-refractivity contribution in [1.29, 1.82) is 0 Å². The number of carbonyl (C=O) groups excluding carboxylic acids is 2. The van der Waals surface area contributed by atoms with Crippen molar-refractivity contribution < 1.29 is 54.3 Å². The molecule has 0 bridgehead atoms. The summed E-state index contributed by atoms with van der Waals surface area (Å²) in [6.45, 7) is -1.19. The molecule has 2 aliphatic rings. The van der Waals surface area contributed by atoms with E-state index in [9.17, 15) is 35.6 Å². The molecule has 1 aliphatic heterocycles. The van der Waals surface area contributed by atoms with E-state index >= 15 is 0 Å². The van der Waals surface area contributed by atoms with E-state index in [-0.39, 0.29) is 25.7 Å². The van der Waals surface area contributed by atoms with Crippen LogP contribution in [0.4, 0.5) is 17.6 Å². The Labute approximate surface area is 251 Å². The molecule has 0 aromatic heterocycles. The lowest BCUT2D eigenvalue weighted by atomic mass is 9.84. The molecule has 1 aromatic carbocycles. The number of benzene rings is 1. The maximum Gasteiger partial charge on any atom is 0.431 e. The van der Waals surface area contributed by atoms with Gasteiger partial charge in [0.1, 0.15) is 5.56 Å². The molecule has 8 nitrogen and oxygen atoms in total. The number of ether oxygens (including phenoxy) is 3. The van der Waals surface area contributed by atoms with E-state index in [1.165, 1.54) is 0 Å². The summed E-state index contributed by atoms with van der Waals surface area (Å²) in [4.78, 5) is 25.1. The summed E-state index contributed by atoms with van der Waals surface area (Å²) < 4.78 is 103. The number of esters is 2. The van der Waals surface area contributed by atoms with Gasteiger partial charge in [0, 0.05) is 23.6 Å². The van der Waals surface area contributed by atoms with Crippen LogP contribution in [0.5, 0.6) is 5.75 Å². The number of rotatable bonds is 6. The quantitative estimate of drug-likeness (QED) is 0.0982. The molecule has 1 saturated carbocycles. The van der Waals surface area contributed by atoms with E-state index in [1.54, 1.807) is 0 Å². The number of hydrogen-bond acceptors (Lipinski definition) is 7. The summed E-state index contributed by atoms with van der Waals surface area (Å²) >= 11 is 8.38. The maximum atomic E-state index is 13.6. The minimum absolute atomic E-state index is 0.101. The van der Waals surface area contributed by atoms with E-state index in [4.69, 9.17) is 14.0 Å². The second-order valence-electron chi connectivity index (χ2n) is 7.75. The monoisotopic (exact) mass is 974 g/mol. The first-order valence-corrected chi connectivity index (χ1v) is 15.4. The topological polar surface area (TPSA) is 116 Å². The Balaban J connectivity index is 1.63. The SMILES string of the molecule is O=C1OC2(CCC(C(=O)OCCC(F)(F)C(F)(F)S(=O)(=O)O)CC2)Oc2c(I)c(I)c(I)c(I)c21. The lowest BCUT2D eigenvalue weighted by molar-refractivity contribution is -0.187. The fourth-order valence-electron chi connectivity index (χ4n) is 3.55. The van der Waals surface area contributed by atoms with Gasteiger partial charge in [-0.05, 0) is 103 Å². The van der Waals surface area contributed by atoms with Crippen LogP contribution >= 0.6 is 90.4 Å². The van der Waals surface area contributed by atoms with Gasteiger partial charge in [-0.3, -0.25) is 9.35 Å². The highest BCUT2D eigenvalue weighted by Gasteiger charge is 2.65. The predicted molar refractivity (Wildman–Crippen MR) is 145 cm³/mol. The third-order valence-corrected chi connectivity index (χ3v) is 13.8. The fourth-order valence-corrected chi connectivity index (χ4v) is 7.50. The molecule has 0 unspecified atom stereocenters. The molecule has 1 heterocycles. The van der Waals surface area contributed by atoms with Gasteiger partial charge in [-0.25, -0.2) is 4.79 Å². The lowest BCUT2D eigenvalue weighted by Crippen LogP contribution is -2.49. The summed E-state index contributed by atoms with van der Waals surface area (Å²) in [5.41, 5.74) is 0.314. The Hall–Kier alpha value is 0.510. The summed E-state index contributed by atoms with van der Waals surface area (Å²) in [6.07, 6.45) is -1.40. The lowest BCUT2D eigenvalue weighted by Gasteiger charge is -2.42. The van der Waals surface area contributed by atoms with Crippen LogP contribution in [0.3, 0.4) is 0 Å². The van der Waals surface area contributed by atoms with Gasteiger partial charge in [-0.15, -0.1) is 0 Å². The van der Waals surface area contributed by atoms with E-state index in [0.29, 0.717) is 14.9 Å². The highest BCUT2D eigenvalue weighted by atomic mass is 127. The molecule has 3 rings (SSSR count). The van der Waals surface area contributed by atoms with Crippen molar-refractivity contribution in [2.45, 2.75) is 49.1 Å². The van der Waals surface area contributed by atoms with Gasteiger partial charge in [-0.1, -0.05) is 0 Å². The van der Waals surface area contributed by atoms with Gasteiger partial charge in [0.25, 0.3) is 5.79 Å². The molecule has 1 spiro atoms. The summed E-state index contributed by atoms with van der Waals surface area (Å²) in [6, 6.07) is 0. The zero-order valence-electron chi connectivity index (χ0n) is 17.1. The van der Waals surface area contributed by atoms with Crippen molar-refractivity contribution in [3.8, 4) is 5.75 Å². The zero-order valence-corrected chi connectivity index (χ0v) is 26.5. The third-order valence-electron chi connectivity index (χ3n) is 5.49. The van der Waals surface area contributed by atoms with Gasteiger partial charge < -0.3 is 14.2 Å². The molecular formula is C18H14F4I4O8S. The van der Waals surface area contributed by atoms with Crippen molar-refractivity contribution >= 4 is 112 Å². The molecule has 1 fully saturated rings. The van der Waals surface area contributed by atoms with E-state index < -0.39 is 58.0 Å². The summed E-state index contributed by atoms with van der Waals surface area (Å²) in [5, 5.41) is -5.73. The van der Waals surface area contributed by atoms with Crippen LogP contribution in [-0.4, -0.2) is 48.5 Å². The predicted octanol–water partition coefficient (Wildman–Crippen LogP) is 5.59. The van der Waals surface area contributed by atoms with Crippen LogP contribution in [0.2, 0.25) is 0 Å². The van der Waals surface area contributed by atoms with Gasteiger partial charge in [0.2, 0.25) is 0 Å². The van der Waals surface area contributed by atoms with Crippen LogP contribution < -0.4 is 4.74 Å². The number of halogens is 8. The smallest absolute Gasteiger partial charge is 0.431 e. The number of carbonyl (C=O) groups is 2. The van der Waals surface area contributed by atoms with Crippen molar-refractivity contribution in [2.24, 2.45) is 5.92 Å². The minimum atomic E-state index is -6.36. The molecule has 1 aromatic rings. The highest BCUT2D eigenvalue weighted by molar-refractivity contribution is 14.1. The first-order valence-electron chi connectivity index (χ1n) is 9.62. The van der Waals surface area contributed by atoms with Crippen molar-refractivity contribution in [2.75, 3.05) is 6.61 Å². The Kier molecular flexibility index (Phi) is 9.09. The van der Waals surface area contributed by atoms with E-state index in [1.807, 2.05) is 22.6 Å². The largest absolute Gasteiger partial charge is 0.465 e. The summed E-state index contributed by atoms with van der Waals surface area (Å²) in [5.74, 6) is -8.38. The molecule has 1 aliphatic carbocycles. The van der Waals surface area contributed by atoms with Crippen LogP contribution in [0.1, 0.15) is 42.5 Å². The Morgan fingerprint density at radius 1 is 1.03 bits per heavy atom. The van der Waals surface area contributed by atoms with Gasteiger partial charge in [-0.2, -0.15) is 26.0 Å². The Bertz CT molecular complexity index is 1170. The van der Waals surface area contributed by atoms with E-state index in [2.05, 4.69) is 72.5 Å². The fraction of sp³-hybridized carbons (Fsp3) is 0.556. The first-order chi connectivity index (χ1) is 15.9. The zero-order chi connectivity index (χ0) is 26.6. The van der Waals surface area contributed by atoms with Gasteiger partial charge >= 0.3 is 33.2 Å². The molecule has 0 atom stereocenters. The normalized spacial score (nSPS) is 22.9. The summed E-state index contributed by atoms with van der Waals surface area (Å²) in [7, 11) is -6.36. The minimum Gasteiger partial charge on any atom is -0.465 e. The third kappa shape index (κ3) is 5.77. The molecule has 0 radical (unpaired) electrons. The number of hydrogen-bond donors (Lipinski definition) is 1. The van der Waals surface area contributed by atoms with Crippen LogP contribution in [0, 0.1) is 20.2 Å². The first kappa shape index (κ1) is 30.1. The Morgan fingerprint density at radius 3 is 2.11 bits per heavy atom. The second-order valence-corrected chi connectivity index (χ2v) is 13.5. The molecule has 1 N–H and O–H groups in total. The van der Waals surface area contributed by atoms with Crippen molar-refractivity contribution in [1.82, 2.24) is 0 Å². The molecule has 196 valence electrons. The highest BCUT2D eigenvalue weighted by Crippen LogP contribution is 2.47. The molecule has 35 heavy (non-hydrogen) atoms. The maximum absolute atomic E-state index is 13.6. The van der Waals surface area contributed by atoms with Crippen molar-refractivity contribution in [3.05, 3.63) is 19.8 Å². The van der Waals surface area contributed by atoms with Gasteiger partial charge in [0.05, 0.1) is 22.5 Å². The molecule has 0 amide bonds. The van der Waals surface area contributed by atoms with Gasteiger partial charge in [0.15, 0.2) is 5.75 Å². The molecule has 0 saturated heterocycles. The molecular weight excluding hydrogens is 960 g/mol. The van der Waals surface area contributed by atoms with E-state index in [0.717, 1.165) is 10.7 Å². The number of alkyl halides is 4. The second kappa shape index (κ2) is 10.6. The van der Waals surface area contributed by atoms with Crippen LogP contribution in [0.15, 0.2) is 0 Å².